The van der Waals surface area contributed by atoms with Crippen LogP contribution in [0.25, 0.3) is 11.2 Å². The number of aromatic amines is 1. The molecule has 0 bridgehead atoms. The van der Waals surface area contributed by atoms with Crippen molar-refractivity contribution in [3.05, 3.63) is 46.5 Å². The number of halogens is 2. The number of carbonyl (C=O) groups is 1. The van der Waals surface area contributed by atoms with E-state index in [0.717, 1.165) is 11.1 Å². The third kappa shape index (κ3) is 3.80. The second kappa shape index (κ2) is 7.38. The van der Waals surface area contributed by atoms with E-state index in [-0.39, 0.29) is 11.2 Å². The van der Waals surface area contributed by atoms with Crippen molar-refractivity contribution in [2.45, 2.75) is 23.7 Å². The normalized spacial score (nSPS) is 12.3. The van der Waals surface area contributed by atoms with Gasteiger partial charge in [-0.2, -0.15) is 0 Å². The summed E-state index contributed by atoms with van der Waals surface area (Å²) in [5, 5.41) is 4.30. The molecule has 0 aliphatic rings. The number of carbonyl (C=O) groups excluding carboxylic acids is 1. The number of benzene rings is 1. The first-order valence-corrected chi connectivity index (χ1v) is 8.70. The Labute approximate surface area is 152 Å². The summed E-state index contributed by atoms with van der Waals surface area (Å²) in [7, 11) is 0. The minimum Gasteiger partial charge on any atom is -0.351 e. The van der Waals surface area contributed by atoms with Gasteiger partial charge in [0.2, 0.25) is 5.91 Å². The van der Waals surface area contributed by atoms with Crippen molar-refractivity contribution in [3.63, 3.8) is 0 Å². The van der Waals surface area contributed by atoms with Gasteiger partial charge in [0.1, 0.15) is 16.9 Å². The largest absolute Gasteiger partial charge is 0.351 e. The first-order valence-electron chi connectivity index (χ1n) is 7.07. The second-order valence-electron chi connectivity index (χ2n) is 4.99. The maximum atomic E-state index is 12.3. The summed E-state index contributed by atoms with van der Waals surface area (Å²) in [6.07, 6.45) is 2.99. The van der Waals surface area contributed by atoms with Gasteiger partial charge in [-0.25, -0.2) is 15.0 Å². The molecule has 9 heteroatoms. The smallest absolute Gasteiger partial charge is 0.233 e. The summed E-state index contributed by atoms with van der Waals surface area (Å²) in [6.45, 7) is 2.15. The lowest BCUT2D eigenvalue weighted by Gasteiger charge is -2.12. The van der Waals surface area contributed by atoms with Crippen molar-refractivity contribution < 1.29 is 4.79 Å². The Balaban J connectivity index is 1.63. The van der Waals surface area contributed by atoms with Gasteiger partial charge >= 0.3 is 0 Å². The molecule has 3 aromatic rings. The zero-order valence-corrected chi connectivity index (χ0v) is 14.9. The molecule has 2 N–H and O–H groups in total. The van der Waals surface area contributed by atoms with Crippen LogP contribution in [0.5, 0.6) is 0 Å². The van der Waals surface area contributed by atoms with Gasteiger partial charge in [0, 0.05) is 16.6 Å². The zero-order valence-electron chi connectivity index (χ0n) is 12.6. The molecule has 2 aromatic heterocycles. The summed E-state index contributed by atoms with van der Waals surface area (Å²) < 4.78 is 0. The van der Waals surface area contributed by atoms with Crippen LogP contribution in [0.15, 0.2) is 35.9 Å². The van der Waals surface area contributed by atoms with Crippen molar-refractivity contribution in [2.24, 2.45) is 0 Å². The number of imidazole rings is 1. The molecular weight excluding hydrogens is 369 g/mol. The number of thioether (sulfide) groups is 1. The Hall–Kier alpha value is -1.83. The lowest BCUT2D eigenvalue weighted by atomic mass is 10.2. The fourth-order valence-electron chi connectivity index (χ4n) is 2.04. The van der Waals surface area contributed by atoms with E-state index in [4.69, 9.17) is 23.2 Å². The predicted molar refractivity (Wildman–Crippen MR) is 95.3 cm³/mol. The van der Waals surface area contributed by atoms with Crippen LogP contribution < -0.4 is 5.32 Å². The van der Waals surface area contributed by atoms with E-state index in [1.807, 2.05) is 6.92 Å². The molecule has 0 radical (unpaired) electrons. The summed E-state index contributed by atoms with van der Waals surface area (Å²) in [4.78, 5) is 27.6. The number of amides is 1. The number of fused-ring (bicyclic) bond motifs is 1. The molecule has 1 atom stereocenters. The molecule has 0 spiro atoms. The zero-order chi connectivity index (χ0) is 17.1. The van der Waals surface area contributed by atoms with Gasteiger partial charge in [-0.3, -0.25) is 4.79 Å². The molecule has 0 saturated carbocycles. The Morgan fingerprint density at radius 2 is 2.17 bits per heavy atom. The molecule has 6 nitrogen and oxygen atoms in total. The summed E-state index contributed by atoms with van der Waals surface area (Å²) in [5.41, 5.74) is 2.11. The van der Waals surface area contributed by atoms with Crippen LogP contribution in [0.2, 0.25) is 10.0 Å². The molecule has 1 aromatic carbocycles. The van der Waals surface area contributed by atoms with Crippen LogP contribution in [0.1, 0.15) is 12.5 Å². The van der Waals surface area contributed by atoms with E-state index in [9.17, 15) is 4.79 Å². The van der Waals surface area contributed by atoms with Gasteiger partial charge in [-0.1, -0.05) is 41.0 Å². The molecule has 0 aliphatic heterocycles. The SMILES string of the molecule is CC(Sc1ncnc2nc[nH]c12)C(=O)NCc1ccc(Cl)cc1Cl. The van der Waals surface area contributed by atoms with Gasteiger partial charge in [0.05, 0.1) is 11.6 Å². The van der Waals surface area contributed by atoms with Crippen LogP contribution >= 0.6 is 35.0 Å². The lowest BCUT2D eigenvalue weighted by Crippen LogP contribution is -2.30. The number of nitrogens with one attached hydrogen (secondary N) is 2. The molecular formula is C15H13Cl2N5OS. The highest BCUT2D eigenvalue weighted by atomic mass is 35.5. The first kappa shape index (κ1) is 17.0. The monoisotopic (exact) mass is 381 g/mol. The van der Waals surface area contributed by atoms with Gasteiger partial charge < -0.3 is 10.3 Å². The third-order valence-corrected chi connectivity index (χ3v) is 5.00. The van der Waals surface area contributed by atoms with Crippen molar-refractivity contribution in [1.82, 2.24) is 25.3 Å². The highest BCUT2D eigenvalue weighted by Crippen LogP contribution is 2.26. The van der Waals surface area contributed by atoms with Crippen LogP contribution in [0, 0.1) is 0 Å². The first-order chi connectivity index (χ1) is 11.5. The molecule has 3 rings (SSSR count). The van der Waals surface area contributed by atoms with Crippen LogP contribution in [-0.4, -0.2) is 31.1 Å². The maximum absolute atomic E-state index is 12.3. The number of rotatable bonds is 5. The van der Waals surface area contributed by atoms with Gasteiger partial charge in [0.15, 0.2) is 5.65 Å². The number of H-pyrrole nitrogens is 1. The second-order valence-corrected chi connectivity index (χ2v) is 7.17. The molecule has 0 saturated heterocycles. The van der Waals surface area contributed by atoms with Gasteiger partial charge in [0.25, 0.3) is 0 Å². The minimum absolute atomic E-state index is 0.114. The van der Waals surface area contributed by atoms with E-state index < -0.39 is 0 Å². The average Bonchev–Trinajstić information content (AvgIpc) is 3.03. The van der Waals surface area contributed by atoms with E-state index >= 15 is 0 Å². The highest BCUT2D eigenvalue weighted by Gasteiger charge is 2.17. The number of hydrogen-bond donors (Lipinski definition) is 2. The molecule has 124 valence electrons. The van der Waals surface area contributed by atoms with Crippen molar-refractivity contribution >= 4 is 52.0 Å². The molecule has 24 heavy (non-hydrogen) atoms. The van der Waals surface area contributed by atoms with E-state index in [1.165, 1.54) is 18.1 Å². The summed E-state index contributed by atoms with van der Waals surface area (Å²) in [5.74, 6) is -0.114. The van der Waals surface area contributed by atoms with Gasteiger partial charge in [-0.05, 0) is 24.6 Å². The molecule has 0 fully saturated rings. The Morgan fingerprint density at radius 3 is 2.96 bits per heavy atom. The maximum Gasteiger partial charge on any atom is 0.233 e. The quantitative estimate of drug-likeness (QED) is 0.522. The molecule has 1 unspecified atom stereocenters. The average molecular weight is 382 g/mol. The molecule has 2 heterocycles. The van der Waals surface area contributed by atoms with E-state index in [2.05, 4.69) is 25.3 Å². The van der Waals surface area contributed by atoms with Crippen LogP contribution in [-0.2, 0) is 11.3 Å². The standard InChI is InChI=1S/C15H13Cl2N5OS/c1-8(24-15-12-13(20-6-19-12)21-7-22-15)14(23)18-5-9-2-3-10(16)4-11(9)17/h2-4,6-8H,5H2,1H3,(H,18,23)(H,19,20,21,22). The van der Waals surface area contributed by atoms with Crippen LogP contribution in [0.3, 0.4) is 0 Å². The fraction of sp³-hybridized carbons (Fsp3) is 0.200. The summed E-state index contributed by atoms with van der Waals surface area (Å²) in [6, 6.07) is 5.18. The highest BCUT2D eigenvalue weighted by molar-refractivity contribution is 8.00. The number of nitrogens with zero attached hydrogens (tertiary/aromatic N) is 3. The fourth-order valence-corrected chi connectivity index (χ4v) is 3.42. The minimum atomic E-state index is -0.336. The molecule has 0 aliphatic carbocycles. The Kier molecular flexibility index (Phi) is 5.23. The van der Waals surface area contributed by atoms with E-state index in [0.29, 0.717) is 27.3 Å². The van der Waals surface area contributed by atoms with Crippen molar-refractivity contribution in [2.75, 3.05) is 0 Å². The van der Waals surface area contributed by atoms with Crippen molar-refractivity contribution in [1.29, 1.82) is 0 Å². The third-order valence-electron chi connectivity index (χ3n) is 3.31. The van der Waals surface area contributed by atoms with Crippen molar-refractivity contribution in [3.8, 4) is 0 Å². The predicted octanol–water partition coefficient (Wildman–Crippen LogP) is 3.46. The molecule has 1 amide bonds. The number of hydrogen-bond acceptors (Lipinski definition) is 5. The lowest BCUT2D eigenvalue weighted by molar-refractivity contribution is -0.120. The Morgan fingerprint density at radius 1 is 1.33 bits per heavy atom. The van der Waals surface area contributed by atoms with E-state index in [1.54, 1.807) is 24.5 Å². The van der Waals surface area contributed by atoms with Crippen LogP contribution in [0.4, 0.5) is 0 Å². The Bertz CT molecular complexity index is 885. The van der Waals surface area contributed by atoms with Gasteiger partial charge in [-0.15, -0.1) is 0 Å². The number of aromatic nitrogens is 4. The topological polar surface area (TPSA) is 83.6 Å². The summed E-state index contributed by atoms with van der Waals surface area (Å²) >= 11 is 13.3.